The number of rotatable bonds is 9. The van der Waals surface area contributed by atoms with E-state index in [4.69, 9.17) is 4.74 Å². The van der Waals surface area contributed by atoms with Crippen molar-refractivity contribution in [1.82, 2.24) is 0 Å². The molecular formula is C23H28N2O5S. The molecule has 0 atom stereocenters. The monoisotopic (exact) mass is 444 g/mol. The molecule has 0 amide bonds. The number of hydrogen-bond acceptors (Lipinski definition) is 5. The molecule has 0 aromatic heterocycles. The maximum atomic E-state index is 12.5. The number of carboxylic acid groups (broad SMARTS) is 1. The Balaban J connectivity index is 1.38. The Morgan fingerprint density at radius 2 is 1.77 bits per heavy atom. The molecule has 1 spiro atoms. The highest BCUT2D eigenvalue weighted by molar-refractivity contribution is 7.92. The number of benzene rings is 2. The largest absolute Gasteiger partial charge is 0.478 e. The van der Waals surface area contributed by atoms with Gasteiger partial charge in [-0.1, -0.05) is 30.3 Å². The van der Waals surface area contributed by atoms with Gasteiger partial charge in [-0.15, -0.1) is 0 Å². The Morgan fingerprint density at radius 1 is 1.06 bits per heavy atom. The van der Waals surface area contributed by atoms with Crippen LogP contribution in [0.15, 0.2) is 48.5 Å². The fourth-order valence-corrected chi connectivity index (χ4v) is 5.03. The number of nitrogens with one attached hydrogen (secondary N) is 1. The summed E-state index contributed by atoms with van der Waals surface area (Å²) < 4.78 is 33.0. The number of piperidine rings is 1. The highest BCUT2D eigenvalue weighted by atomic mass is 32.2. The lowest BCUT2D eigenvalue weighted by Crippen LogP contribution is -2.35. The van der Waals surface area contributed by atoms with Crippen molar-refractivity contribution in [2.75, 3.05) is 35.1 Å². The van der Waals surface area contributed by atoms with Crippen molar-refractivity contribution in [1.29, 1.82) is 0 Å². The molecule has 1 saturated heterocycles. The van der Waals surface area contributed by atoms with E-state index < -0.39 is 16.0 Å². The standard InChI is InChI=1S/C23H28N2O5S/c26-22(27)20-7-6-19(16-21(20)25-12-10-23(8-9-23)11-13-25)24-31(28,29)15-14-30-17-18-4-2-1-3-5-18/h1-7,16,24H,8-15,17H2,(H,26,27). The van der Waals surface area contributed by atoms with Crippen molar-refractivity contribution in [3.05, 3.63) is 59.7 Å². The van der Waals surface area contributed by atoms with Crippen molar-refractivity contribution >= 4 is 27.4 Å². The van der Waals surface area contributed by atoms with Gasteiger partial charge < -0.3 is 14.7 Å². The first-order valence-electron chi connectivity index (χ1n) is 10.6. The molecule has 2 aliphatic rings. The average Bonchev–Trinajstić information content (AvgIpc) is 3.51. The van der Waals surface area contributed by atoms with Crippen LogP contribution in [0.2, 0.25) is 0 Å². The molecule has 166 valence electrons. The topological polar surface area (TPSA) is 95.9 Å². The van der Waals surface area contributed by atoms with Gasteiger partial charge in [-0.05, 0) is 54.9 Å². The van der Waals surface area contributed by atoms with Crippen LogP contribution in [0.1, 0.15) is 41.6 Å². The summed E-state index contributed by atoms with van der Waals surface area (Å²) in [5.41, 5.74) is 2.59. The van der Waals surface area contributed by atoms with E-state index in [1.807, 2.05) is 30.3 Å². The van der Waals surface area contributed by atoms with E-state index in [9.17, 15) is 18.3 Å². The highest BCUT2D eigenvalue weighted by Gasteiger charge is 2.44. The van der Waals surface area contributed by atoms with Gasteiger partial charge in [-0.3, -0.25) is 4.72 Å². The molecule has 2 aromatic carbocycles. The zero-order chi connectivity index (χ0) is 21.9. The fourth-order valence-electron chi connectivity index (χ4n) is 4.10. The Morgan fingerprint density at radius 3 is 2.42 bits per heavy atom. The third kappa shape index (κ3) is 5.57. The molecule has 7 nitrogen and oxygen atoms in total. The predicted octanol–water partition coefficient (Wildman–Crippen LogP) is 3.72. The molecule has 1 aliphatic carbocycles. The third-order valence-electron chi connectivity index (χ3n) is 6.23. The van der Waals surface area contributed by atoms with Crippen LogP contribution >= 0.6 is 0 Å². The van der Waals surface area contributed by atoms with E-state index in [-0.39, 0.29) is 17.9 Å². The molecule has 4 rings (SSSR count). The average molecular weight is 445 g/mol. The second-order valence-electron chi connectivity index (χ2n) is 8.48. The van der Waals surface area contributed by atoms with Gasteiger partial charge in [0.25, 0.3) is 0 Å². The molecule has 1 heterocycles. The van der Waals surface area contributed by atoms with Gasteiger partial charge in [-0.25, -0.2) is 13.2 Å². The molecule has 2 aromatic rings. The number of anilines is 2. The molecule has 1 aliphatic heterocycles. The van der Waals surface area contributed by atoms with Crippen molar-refractivity contribution in [2.24, 2.45) is 5.41 Å². The number of aromatic carboxylic acids is 1. The number of sulfonamides is 1. The van der Waals surface area contributed by atoms with E-state index >= 15 is 0 Å². The normalized spacial score (nSPS) is 17.5. The van der Waals surface area contributed by atoms with E-state index in [1.165, 1.54) is 25.0 Å². The quantitative estimate of drug-likeness (QED) is 0.572. The second-order valence-corrected chi connectivity index (χ2v) is 10.3. The van der Waals surface area contributed by atoms with Crippen LogP contribution in [-0.2, 0) is 21.4 Å². The van der Waals surface area contributed by atoms with E-state index in [0.717, 1.165) is 31.5 Å². The zero-order valence-electron chi connectivity index (χ0n) is 17.4. The Hall–Kier alpha value is -2.58. The van der Waals surface area contributed by atoms with Crippen LogP contribution in [-0.4, -0.2) is 44.9 Å². The Labute approximate surface area is 183 Å². The Kier molecular flexibility index (Phi) is 6.20. The van der Waals surface area contributed by atoms with E-state index in [1.54, 1.807) is 6.07 Å². The molecule has 0 radical (unpaired) electrons. The lowest BCUT2D eigenvalue weighted by atomic mass is 9.93. The Bertz CT molecular complexity index is 1030. The zero-order valence-corrected chi connectivity index (χ0v) is 18.2. The first-order chi connectivity index (χ1) is 14.9. The van der Waals surface area contributed by atoms with Crippen LogP contribution in [0.3, 0.4) is 0 Å². The van der Waals surface area contributed by atoms with Gasteiger partial charge in [0, 0.05) is 13.1 Å². The molecule has 31 heavy (non-hydrogen) atoms. The van der Waals surface area contributed by atoms with Crippen LogP contribution in [0.25, 0.3) is 0 Å². The molecule has 2 N–H and O–H groups in total. The first kappa shape index (κ1) is 21.6. The predicted molar refractivity (Wildman–Crippen MR) is 120 cm³/mol. The van der Waals surface area contributed by atoms with Crippen molar-refractivity contribution in [2.45, 2.75) is 32.3 Å². The number of carboxylic acids is 1. The van der Waals surface area contributed by atoms with Gasteiger partial charge in [0.1, 0.15) is 0 Å². The maximum absolute atomic E-state index is 12.5. The van der Waals surface area contributed by atoms with Crippen molar-refractivity contribution in [3.63, 3.8) is 0 Å². The van der Waals surface area contributed by atoms with Crippen molar-refractivity contribution in [3.8, 4) is 0 Å². The number of ether oxygens (including phenoxy) is 1. The number of carbonyl (C=O) groups is 1. The summed E-state index contributed by atoms with van der Waals surface area (Å²) in [4.78, 5) is 13.8. The summed E-state index contributed by atoms with van der Waals surface area (Å²) in [6.07, 6.45) is 4.64. The maximum Gasteiger partial charge on any atom is 0.337 e. The second kappa shape index (κ2) is 8.88. The summed E-state index contributed by atoms with van der Waals surface area (Å²) in [7, 11) is -3.62. The minimum Gasteiger partial charge on any atom is -0.478 e. The lowest BCUT2D eigenvalue weighted by Gasteiger charge is -2.34. The SMILES string of the molecule is O=C(O)c1ccc(NS(=O)(=O)CCOCc2ccccc2)cc1N1CCC2(CC1)CC2. The van der Waals surface area contributed by atoms with Gasteiger partial charge >= 0.3 is 5.97 Å². The summed E-state index contributed by atoms with van der Waals surface area (Å²) in [6.45, 7) is 2.01. The molecule has 1 saturated carbocycles. The molecule has 2 fully saturated rings. The summed E-state index contributed by atoms with van der Waals surface area (Å²) in [5.74, 6) is -1.19. The molecule has 8 heteroatoms. The van der Waals surface area contributed by atoms with Gasteiger partial charge in [0.2, 0.25) is 10.0 Å². The van der Waals surface area contributed by atoms with Gasteiger partial charge in [0.15, 0.2) is 0 Å². The van der Waals surface area contributed by atoms with Gasteiger partial charge in [0.05, 0.1) is 35.9 Å². The lowest BCUT2D eigenvalue weighted by molar-refractivity contribution is 0.0697. The molecular weight excluding hydrogens is 416 g/mol. The van der Waals surface area contributed by atoms with Crippen LogP contribution in [0.4, 0.5) is 11.4 Å². The summed E-state index contributed by atoms with van der Waals surface area (Å²) in [5, 5.41) is 9.59. The summed E-state index contributed by atoms with van der Waals surface area (Å²) >= 11 is 0. The van der Waals surface area contributed by atoms with Gasteiger partial charge in [-0.2, -0.15) is 0 Å². The van der Waals surface area contributed by atoms with Crippen LogP contribution in [0, 0.1) is 5.41 Å². The fraction of sp³-hybridized carbons (Fsp3) is 0.435. The molecule has 0 unspecified atom stereocenters. The summed E-state index contributed by atoms with van der Waals surface area (Å²) in [6, 6.07) is 14.2. The molecule has 0 bridgehead atoms. The van der Waals surface area contributed by atoms with Crippen LogP contribution in [0.5, 0.6) is 0 Å². The van der Waals surface area contributed by atoms with Crippen molar-refractivity contribution < 1.29 is 23.1 Å². The first-order valence-corrected chi connectivity index (χ1v) is 12.3. The van der Waals surface area contributed by atoms with Crippen LogP contribution < -0.4 is 9.62 Å². The van der Waals surface area contributed by atoms with E-state index in [0.29, 0.717) is 23.4 Å². The minimum atomic E-state index is -3.62. The minimum absolute atomic E-state index is 0.0680. The third-order valence-corrected chi connectivity index (χ3v) is 7.48. The highest BCUT2D eigenvalue weighted by Crippen LogP contribution is 2.54. The smallest absolute Gasteiger partial charge is 0.337 e. The number of hydrogen-bond donors (Lipinski definition) is 2. The number of nitrogens with zero attached hydrogens (tertiary/aromatic N) is 1. The van der Waals surface area contributed by atoms with E-state index in [2.05, 4.69) is 9.62 Å².